The molecule has 0 fully saturated rings. The zero-order valence-electron chi connectivity index (χ0n) is 14.1. The van der Waals surface area contributed by atoms with E-state index in [1.807, 2.05) is 0 Å². The van der Waals surface area contributed by atoms with Gasteiger partial charge in [-0.3, -0.25) is 9.59 Å². The number of nitrogens with one attached hydrogen (secondary N) is 1. The lowest BCUT2D eigenvalue weighted by Crippen LogP contribution is -2.14. The molecule has 0 saturated carbocycles. The van der Waals surface area contributed by atoms with E-state index in [2.05, 4.69) is 5.32 Å². The second kappa shape index (κ2) is 7.25. The molecule has 130 valence electrons. The molecule has 0 spiro atoms. The van der Waals surface area contributed by atoms with Gasteiger partial charge < -0.3 is 19.5 Å². The van der Waals surface area contributed by atoms with E-state index in [-0.39, 0.29) is 11.7 Å². The number of methoxy groups -OCH3 is 1. The number of ether oxygens (including phenoxy) is 3. The van der Waals surface area contributed by atoms with Crippen LogP contribution in [-0.4, -0.2) is 32.0 Å². The Hall–Kier alpha value is -3.02. The van der Waals surface area contributed by atoms with Gasteiger partial charge in [0.15, 0.2) is 17.3 Å². The van der Waals surface area contributed by atoms with Gasteiger partial charge in [-0.25, -0.2) is 0 Å². The molecule has 6 heteroatoms. The number of carbonyl (C=O) groups is 2. The topological polar surface area (TPSA) is 73.9 Å². The van der Waals surface area contributed by atoms with E-state index in [1.54, 1.807) is 36.4 Å². The summed E-state index contributed by atoms with van der Waals surface area (Å²) in [6, 6.07) is 10.0. The van der Waals surface area contributed by atoms with E-state index in [4.69, 9.17) is 14.2 Å². The number of Topliss-reactive ketones (excluding diaryl/α,β-unsaturated/α-hetero) is 1. The number of rotatable bonds is 4. The third kappa shape index (κ3) is 3.74. The van der Waals surface area contributed by atoms with Crippen molar-refractivity contribution in [3.05, 3.63) is 47.5 Å². The maximum atomic E-state index is 12.7. The second-order valence-corrected chi connectivity index (χ2v) is 5.64. The first-order valence-electron chi connectivity index (χ1n) is 7.98. The van der Waals surface area contributed by atoms with Crippen molar-refractivity contribution in [3.8, 4) is 17.2 Å². The fraction of sp³-hybridized carbons (Fsp3) is 0.263. The van der Waals surface area contributed by atoms with Crippen molar-refractivity contribution in [2.24, 2.45) is 0 Å². The quantitative estimate of drug-likeness (QED) is 0.864. The summed E-state index contributed by atoms with van der Waals surface area (Å²) in [7, 11) is 1.49. The Morgan fingerprint density at radius 2 is 1.80 bits per heavy atom. The van der Waals surface area contributed by atoms with Crippen LogP contribution in [0.3, 0.4) is 0 Å². The van der Waals surface area contributed by atoms with Gasteiger partial charge >= 0.3 is 0 Å². The normalized spacial score (nSPS) is 12.9. The number of hydrogen-bond donors (Lipinski definition) is 1. The monoisotopic (exact) mass is 341 g/mol. The van der Waals surface area contributed by atoms with E-state index < -0.39 is 0 Å². The molecule has 25 heavy (non-hydrogen) atoms. The van der Waals surface area contributed by atoms with Crippen LogP contribution in [0, 0.1) is 0 Å². The highest BCUT2D eigenvalue weighted by atomic mass is 16.5. The molecular formula is C19H19NO5. The zero-order valence-corrected chi connectivity index (χ0v) is 14.1. The number of fused-ring (bicyclic) bond motifs is 1. The van der Waals surface area contributed by atoms with Crippen LogP contribution in [0.1, 0.15) is 34.1 Å². The summed E-state index contributed by atoms with van der Waals surface area (Å²) in [6.45, 7) is 2.56. The highest BCUT2D eigenvalue weighted by Crippen LogP contribution is 2.36. The first-order chi connectivity index (χ1) is 12.1. The van der Waals surface area contributed by atoms with Crippen molar-refractivity contribution in [2.75, 3.05) is 25.6 Å². The third-order valence-corrected chi connectivity index (χ3v) is 3.84. The molecule has 1 amide bonds. The lowest BCUT2D eigenvalue weighted by atomic mass is 10.1. The molecule has 2 aromatic rings. The number of benzene rings is 2. The summed E-state index contributed by atoms with van der Waals surface area (Å²) in [6.07, 6.45) is 0.774. The van der Waals surface area contributed by atoms with Gasteiger partial charge in [0.1, 0.15) is 5.75 Å². The Morgan fingerprint density at radius 1 is 1.08 bits per heavy atom. The van der Waals surface area contributed by atoms with Crippen molar-refractivity contribution >= 4 is 17.4 Å². The van der Waals surface area contributed by atoms with Crippen LogP contribution in [0.2, 0.25) is 0 Å². The van der Waals surface area contributed by atoms with Crippen LogP contribution in [0.15, 0.2) is 36.4 Å². The predicted molar refractivity (Wildman–Crippen MR) is 93.0 cm³/mol. The van der Waals surface area contributed by atoms with Crippen LogP contribution in [0.5, 0.6) is 17.2 Å². The molecule has 1 N–H and O–H groups in total. The minimum atomic E-state index is -0.354. The van der Waals surface area contributed by atoms with Crippen molar-refractivity contribution in [1.29, 1.82) is 0 Å². The number of hydrogen-bond acceptors (Lipinski definition) is 5. The van der Waals surface area contributed by atoms with Gasteiger partial charge in [-0.15, -0.1) is 0 Å². The fourth-order valence-electron chi connectivity index (χ4n) is 2.55. The molecule has 1 aliphatic rings. The minimum absolute atomic E-state index is 0.0655. The van der Waals surface area contributed by atoms with Crippen LogP contribution in [0.25, 0.3) is 0 Å². The summed E-state index contributed by atoms with van der Waals surface area (Å²) in [5.41, 5.74) is 1.40. The lowest BCUT2D eigenvalue weighted by molar-refractivity contribution is 0.100. The highest BCUT2D eigenvalue weighted by Gasteiger charge is 2.20. The molecule has 0 unspecified atom stereocenters. The van der Waals surface area contributed by atoms with Crippen molar-refractivity contribution in [3.63, 3.8) is 0 Å². The summed E-state index contributed by atoms with van der Waals surface area (Å²) in [4.78, 5) is 24.2. The second-order valence-electron chi connectivity index (χ2n) is 5.64. The highest BCUT2D eigenvalue weighted by molar-refractivity contribution is 6.07. The van der Waals surface area contributed by atoms with Crippen LogP contribution >= 0.6 is 0 Å². The summed E-state index contributed by atoms with van der Waals surface area (Å²) in [5, 5.41) is 2.78. The molecule has 3 rings (SSSR count). The number of anilines is 1. The van der Waals surface area contributed by atoms with E-state index in [9.17, 15) is 9.59 Å². The predicted octanol–water partition coefficient (Wildman–Crippen LogP) is 3.31. The average Bonchev–Trinajstić information content (AvgIpc) is 2.85. The number of ketones is 1. The Labute approximate surface area is 145 Å². The molecule has 1 heterocycles. The fourth-order valence-corrected chi connectivity index (χ4v) is 2.55. The zero-order chi connectivity index (χ0) is 17.8. The van der Waals surface area contributed by atoms with Gasteiger partial charge in [-0.1, -0.05) is 12.1 Å². The van der Waals surface area contributed by atoms with Crippen LogP contribution in [0.4, 0.5) is 5.69 Å². The minimum Gasteiger partial charge on any atom is -0.496 e. The first kappa shape index (κ1) is 16.8. The molecular weight excluding hydrogens is 322 g/mol. The van der Waals surface area contributed by atoms with Crippen molar-refractivity contribution < 1.29 is 23.8 Å². The van der Waals surface area contributed by atoms with Gasteiger partial charge in [0.25, 0.3) is 5.91 Å². The average molecular weight is 341 g/mol. The van der Waals surface area contributed by atoms with E-state index in [0.29, 0.717) is 47.3 Å². The third-order valence-electron chi connectivity index (χ3n) is 3.84. The smallest absolute Gasteiger partial charge is 0.259 e. The maximum absolute atomic E-state index is 12.7. The lowest BCUT2D eigenvalue weighted by Gasteiger charge is -2.14. The Morgan fingerprint density at radius 3 is 2.48 bits per heavy atom. The molecule has 0 aliphatic carbocycles. The van der Waals surface area contributed by atoms with Crippen molar-refractivity contribution in [2.45, 2.75) is 13.3 Å². The van der Waals surface area contributed by atoms with Crippen molar-refractivity contribution in [1.82, 2.24) is 0 Å². The molecule has 0 atom stereocenters. The van der Waals surface area contributed by atoms with Crippen LogP contribution in [-0.2, 0) is 0 Å². The first-order valence-corrected chi connectivity index (χ1v) is 7.98. The van der Waals surface area contributed by atoms with E-state index >= 15 is 0 Å². The molecule has 0 saturated heterocycles. The van der Waals surface area contributed by atoms with Gasteiger partial charge in [0, 0.05) is 29.8 Å². The molecule has 0 aromatic heterocycles. The maximum Gasteiger partial charge on any atom is 0.259 e. The number of amides is 1. The Kier molecular flexibility index (Phi) is 4.88. The van der Waals surface area contributed by atoms with Gasteiger partial charge in [0.2, 0.25) is 0 Å². The Bertz CT molecular complexity index is 815. The molecule has 6 nitrogen and oxygen atoms in total. The summed E-state index contributed by atoms with van der Waals surface area (Å²) >= 11 is 0. The van der Waals surface area contributed by atoms with Gasteiger partial charge in [-0.05, 0) is 19.1 Å². The SMILES string of the molecule is COc1cc2c(cc1C(=O)Nc1cccc(C(C)=O)c1)OCCCO2. The molecule has 1 aliphatic heterocycles. The largest absolute Gasteiger partial charge is 0.496 e. The van der Waals surface area contributed by atoms with Crippen LogP contribution < -0.4 is 19.5 Å². The van der Waals surface area contributed by atoms with Gasteiger partial charge in [0.05, 0.1) is 25.9 Å². The molecule has 0 radical (unpaired) electrons. The van der Waals surface area contributed by atoms with E-state index in [1.165, 1.54) is 14.0 Å². The number of carbonyl (C=O) groups excluding carboxylic acids is 2. The molecule has 2 aromatic carbocycles. The van der Waals surface area contributed by atoms with Gasteiger partial charge in [-0.2, -0.15) is 0 Å². The summed E-state index contributed by atoms with van der Waals surface area (Å²) in [5.74, 6) is 1.05. The summed E-state index contributed by atoms with van der Waals surface area (Å²) < 4.78 is 16.6. The Balaban J connectivity index is 1.90. The standard InChI is InChI=1S/C19H19NO5/c1-12(21)13-5-3-6-14(9-13)20-19(22)15-10-17-18(11-16(15)23-2)25-8-4-7-24-17/h3,5-6,9-11H,4,7-8H2,1-2H3,(H,20,22). The molecule has 0 bridgehead atoms. The van der Waals surface area contributed by atoms with E-state index in [0.717, 1.165) is 6.42 Å².